The number of thioether (sulfide) groups is 1. The third-order valence-electron chi connectivity index (χ3n) is 4.29. The van der Waals surface area contributed by atoms with Crippen LogP contribution in [0.3, 0.4) is 0 Å². The van der Waals surface area contributed by atoms with Gasteiger partial charge in [-0.25, -0.2) is 8.42 Å². The van der Waals surface area contributed by atoms with Gasteiger partial charge in [0, 0.05) is 29.8 Å². The van der Waals surface area contributed by atoms with E-state index in [-0.39, 0.29) is 10.8 Å². The third-order valence-corrected chi connectivity index (χ3v) is 7.11. The van der Waals surface area contributed by atoms with Crippen LogP contribution < -0.4 is 9.62 Å². The van der Waals surface area contributed by atoms with Crippen LogP contribution >= 0.6 is 11.8 Å². The molecule has 0 unspecified atom stereocenters. The zero-order valence-electron chi connectivity index (χ0n) is 16.0. The number of amides is 1. The molecule has 0 fully saturated rings. The number of nitrogens with one attached hydrogen (secondary N) is 1. The highest BCUT2D eigenvalue weighted by Crippen LogP contribution is 2.22. The van der Waals surface area contributed by atoms with E-state index in [1.165, 1.54) is 11.4 Å². The second kappa shape index (κ2) is 9.62. The molecule has 0 spiro atoms. The molecule has 150 valence electrons. The smallest absolute Gasteiger partial charge is 0.264 e. The van der Waals surface area contributed by atoms with Crippen molar-refractivity contribution in [3.63, 3.8) is 0 Å². The largest absolute Gasteiger partial charge is 0.351 e. The number of nitrogens with zero attached hydrogens (tertiary/aromatic N) is 1. The zero-order chi connectivity index (χ0) is 20.7. The van der Waals surface area contributed by atoms with Crippen LogP contribution in [0.5, 0.6) is 0 Å². The molecule has 1 N–H and O–H groups in total. The van der Waals surface area contributed by atoms with E-state index < -0.39 is 10.0 Å². The van der Waals surface area contributed by atoms with Gasteiger partial charge in [0.2, 0.25) is 0 Å². The van der Waals surface area contributed by atoms with E-state index in [0.717, 1.165) is 10.6 Å². The monoisotopic (exact) mass is 426 g/mol. The van der Waals surface area contributed by atoms with E-state index in [1.54, 1.807) is 66.4 Å². The van der Waals surface area contributed by atoms with Crippen molar-refractivity contribution in [2.75, 3.05) is 23.7 Å². The van der Waals surface area contributed by atoms with Gasteiger partial charge in [-0.05, 0) is 48.5 Å². The topological polar surface area (TPSA) is 66.5 Å². The van der Waals surface area contributed by atoms with Gasteiger partial charge in [-0.3, -0.25) is 9.10 Å². The Morgan fingerprint density at radius 3 is 2.10 bits per heavy atom. The molecule has 0 saturated heterocycles. The highest BCUT2D eigenvalue weighted by Gasteiger charge is 2.21. The Hall–Kier alpha value is -2.77. The summed E-state index contributed by atoms with van der Waals surface area (Å²) in [5.41, 5.74) is 0.981. The number of sulfonamides is 1. The number of carbonyl (C=O) groups is 1. The van der Waals surface area contributed by atoms with Crippen LogP contribution in [-0.2, 0) is 10.0 Å². The molecule has 0 aliphatic heterocycles. The van der Waals surface area contributed by atoms with Crippen LogP contribution in [0.15, 0.2) is 94.7 Å². The quantitative estimate of drug-likeness (QED) is 0.436. The van der Waals surface area contributed by atoms with Crippen molar-refractivity contribution in [1.82, 2.24) is 5.32 Å². The lowest BCUT2D eigenvalue weighted by Crippen LogP contribution is -2.27. The van der Waals surface area contributed by atoms with Gasteiger partial charge >= 0.3 is 0 Å². The molecule has 7 heteroatoms. The molecule has 5 nitrogen and oxygen atoms in total. The zero-order valence-corrected chi connectivity index (χ0v) is 17.6. The first-order chi connectivity index (χ1) is 14.0. The van der Waals surface area contributed by atoms with Crippen molar-refractivity contribution in [3.8, 4) is 0 Å². The predicted molar refractivity (Wildman–Crippen MR) is 118 cm³/mol. The second-order valence-electron chi connectivity index (χ2n) is 6.25. The van der Waals surface area contributed by atoms with Crippen LogP contribution in [-0.4, -0.2) is 33.7 Å². The first-order valence-electron chi connectivity index (χ1n) is 9.08. The van der Waals surface area contributed by atoms with E-state index in [2.05, 4.69) is 5.32 Å². The summed E-state index contributed by atoms with van der Waals surface area (Å²) in [6.45, 7) is 0.544. The maximum atomic E-state index is 12.7. The van der Waals surface area contributed by atoms with Gasteiger partial charge < -0.3 is 5.32 Å². The molecule has 3 rings (SSSR count). The Kier molecular flexibility index (Phi) is 6.95. The molecular weight excluding hydrogens is 404 g/mol. The molecule has 0 bridgehead atoms. The van der Waals surface area contributed by atoms with Crippen LogP contribution in [0.2, 0.25) is 0 Å². The van der Waals surface area contributed by atoms with E-state index in [0.29, 0.717) is 17.8 Å². The fourth-order valence-electron chi connectivity index (χ4n) is 2.66. The van der Waals surface area contributed by atoms with Gasteiger partial charge in [0.05, 0.1) is 10.6 Å². The lowest BCUT2D eigenvalue weighted by Gasteiger charge is -2.19. The van der Waals surface area contributed by atoms with Crippen LogP contribution in [0, 0.1) is 0 Å². The summed E-state index contributed by atoms with van der Waals surface area (Å²) in [6.07, 6.45) is 0. The van der Waals surface area contributed by atoms with Gasteiger partial charge in [-0.2, -0.15) is 0 Å². The first-order valence-corrected chi connectivity index (χ1v) is 11.5. The standard InChI is InChI=1S/C22H22N2O3S2/c1-24(29(26,27)21-10-6-3-7-11-21)19-14-12-18(13-15-19)22(25)23-16-17-28-20-8-4-2-5-9-20/h2-15H,16-17H2,1H3,(H,23,25). The highest BCUT2D eigenvalue weighted by atomic mass is 32.2. The van der Waals surface area contributed by atoms with E-state index >= 15 is 0 Å². The minimum atomic E-state index is -3.64. The van der Waals surface area contributed by atoms with Crippen LogP contribution in [0.1, 0.15) is 10.4 Å². The molecule has 0 saturated carbocycles. The van der Waals surface area contributed by atoms with Crippen molar-refractivity contribution in [2.45, 2.75) is 9.79 Å². The summed E-state index contributed by atoms with van der Waals surface area (Å²) in [5.74, 6) is 0.588. The molecule has 0 atom stereocenters. The van der Waals surface area contributed by atoms with Gasteiger partial charge in [-0.1, -0.05) is 36.4 Å². The van der Waals surface area contributed by atoms with Crippen molar-refractivity contribution in [3.05, 3.63) is 90.5 Å². The molecular formula is C22H22N2O3S2. The number of benzene rings is 3. The Morgan fingerprint density at radius 2 is 1.48 bits per heavy atom. The molecule has 0 heterocycles. The normalized spacial score (nSPS) is 11.1. The van der Waals surface area contributed by atoms with Crippen molar-refractivity contribution >= 4 is 33.4 Å². The predicted octanol–water partition coefficient (Wildman–Crippen LogP) is 4.03. The SMILES string of the molecule is CN(c1ccc(C(=O)NCCSc2ccccc2)cc1)S(=O)(=O)c1ccccc1. The molecule has 29 heavy (non-hydrogen) atoms. The van der Waals surface area contributed by atoms with Crippen molar-refractivity contribution in [1.29, 1.82) is 0 Å². The maximum absolute atomic E-state index is 12.7. The molecule has 0 aromatic heterocycles. The molecule has 3 aromatic carbocycles. The maximum Gasteiger partial charge on any atom is 0.264 e. The van der Waals surface area contributed by atoms with Gasteiger partial charge in [0.15, 0.2) is 0 Å². The second-order valence-corrected chi connectivity index (χ2v) is 9.39. The number of hydrogen-bond donors (Lipinski definition) is 1. The summed E-state index contributed by atoms with van der Waals surface area (Å²) in [5, 5.41) is 2.88. The number of hydrogen-bond acceptors (Lipinski definition) is 4. The van der Waals surface area contributed by atoms with Gasteiger partial charge in [0.1, 0.15) is 0 Å². The molecule has 0 aliphatic rings. The summed E-state index contributed by atoms with van der Waals surface area (Å²) < 4.78 is 26.6. The summed E-state index contributed by atoms with van der Waals surface area (Å²) in [7, 11) is -2.14. The molecule has 1 amide bonds. The Bertz CT molecular complexity index is 1040. The van der Waals surface area contributed by atoms with E-state index in [4.69, 9.17) is 0 Å². The Labute approximate surface area is 175 Å². The molecule has 0 aliphatic carbocycles. The summed E-state index contributed by atoms with van der Waals surface area (Å²) >= 11 is 1.68. The third kappa shape index (κ3) is 5.40. The van der Waals surface area contributed by atoms with Crippen molar-refractivity contribution in [2.24, 2.45) is 0 Å². The van der Waals surface area contributed by atoms with Gasteiger partial charge in [0.25, 0.3) is 15.9 Å². The van der Waals surface area contributed by atoms with Gasteiger partial charge in [-0.15, -0.1) is 11.8 Å². The van der Waals surface area contributed by atoms with E-state index in [9.17, 15) is 13.2 Å². The summed E-state index contributed by atoms with van der Waals surface area (Å²) in [4.78, 5) is 13.7. The Morgan fingerprint density at radius 1 is 0.897 bits per heavy atom. The number of carbonyl (C=O) groups excluding carboxylic acids is 1. The summed E-state index contributed by atoms with van der Waals surface area (Å²) in [6, 6.07) is 24.8. The molecule has 0 radical (unpaired) electrons. The van der Waals surface area contributed by atoms with E-state index in [1.807, 2.05) is 30.3 Å². The fourth-order valence-corrected chi connectivity index (χ4v) is 4.67. The first kappa shape index (κ1) is 21.0. The average molecular weight is 427 g/mol. The van der Waals surface area contributed by atoms with Crippen LogP contribution in [0.4, 0.5) is 5.69 Å². The lowest BCUT2D eigenvalue weighted by atomic mass is 10.2. The molecule has 3 aromatic rings. The minimum absolute atomic E-state index is 0.182. The number of rotatable bonds is 8. The highest BCUT2D eigenvalue weighted by molar-refractivity contribution is 7.99. The minimum Gasteiger partial charge on any atom is -0.351 e. The number of anilines is 1. The van der Waals surface area contributed by atoms with Crippen molar-refractivity contribution < 1.29 is 13.2 Å². The Balaban J connectivity index is 1.57. The fraction of sp³-hybridized carbons (Fsp3) is 0.136. The average Bonchev–Trinajstić information content (AvgIpc) is 2.77. The van der Waals surface area contributed by atoms with Crippen LogP contribution in [0.25, 0.3) is 0 Å². The lowest BCUT2D eigenvalue weighted by molar-refractivity contribution is 0.0956.